The molecule has 1 heterocycles. The number of nitrogens with zero attached hydrogens (tertiary/aromatic N) is 1. The first-order valence-corrected chi connectivity index (χ1v) is 9.52. The summed E-state index contributed by atoms with van der Waals surface area (Å²) in [5.74, 6) is 0.0991. The van der Waals surface area contributed by atoms with Crippen molar-refractivity contribution in [2.45, 2.75) is 13.8 Å². The van der Waals surface area contributed by atoms with Gasteiger partial charge in [0.15, 0.2) is 16.7 Å². The molecule has 7 nitrogen and oxygen atoms in total. The van der Waals surface area contributed by atoms with Crippen LogP contribution >= 0.6 is 11.8 Å². The highest BCUT2D eigenvalue weighted by Crippen LogP contribution is 2.40. The number of thioether (sulfide) groups is 1. The van der Waals surface area contributed by atoms with Crippen molar-refractivity contribution in [2.24, 2.45) is 4.99 Å². The zero-order chi connectivity index (χ0) is 21.0. The SMILES string of the molecule is COc1cc(C=C2SC(=Nc3ccccc3C)NC2=O)cc(OC)c1OC(C)=O. The molecule has 0 aromatic heterocycles. The third-order valence-corrected chi connectivity index (χ3v) is 4.92. The van der Waals surface area contributed by atoms with Crippen molar-refractivity contribution in [1.29, 1.82) is 0 Å². The average molecular weight is 412 g/mol. The molecule has 0 spiro atoms. The number of aryl methyl sites for hydroxylation is 1. The third kappa shape index (κ3) is 4.78. The first-order valence-electron chi connectivity index (χ1n) is 8.71. The lowest BCUT2D eigenvalue weighted by molar-refractivity contribution is -0.132. The van der Waals surface area contributed by atoms with Gasteiger partial charge in [-0.05, 0) is 54.1 Å². The topological polar surface area (TPSA) is 86.2 Å². The number of carbonyl (C=O) groups excluding carboxylic acids is 2. The lowest BCUT2D eigenvalue weighted by Gasteiger charge is -2.13. The minimum absolute atomic E-state index is 0.190. The number of benzene rings is 2. The fourth-order valence-corrected chi connectivity index (χ4v) is 3.49. The van der Waals surface area contributed by atoms with Crippen LogP contribution in [0.3, 0.4) is 0 Å². The van der Waals surface area contributed by atoms with E-state index in [1.54, 1.807) is 18.2 Å². The monoisotopic (exact) mass is 412 g/mol. The van der Waals surface area contributed by atoms with Gasteiger partial charge in [0.1, 0.15) is 0 Å². The van der Waals surface area contributed by atoms with E-state index in [4.69, 9.17) is 14.2 Å². The van der Waals surface area contributed by atoms with Gasteiger partial charge in [0.2, 0.25) is 5.75 Å². The Kier molecular flexibility index (Phi) is 6.23. The van der Waals surface area contributed by atoms with Crippen LogP contribution in [-0.2, 0) is 9.59 Å². The molecule has 0 radical (unpaired) electrons. The van der Waals surface area contributed by atoms with E-state index in [0.29, 0.717) is 27.1 Å². The Labute approximate surface area is 172 Å². The van der Waals surface area contributed by atoms with Crippen molar-refractivity contribution in [3.8, 4) is 17.2 Å². The third-order valence-electron chi connectivity index (χ3n) is 4.01. The minimum atomic E-state index is -0.490. The van der Waals surface area contributed by atoms with Gasteiger partial charge < -0.3 is 19.5 Å². The molecule has 3 rings (SSSR count). The molecule has 1 amide bonds. The van der Waals surface area contributed by atoms with Crippen LogP contribution < -0.4 is 19.5 Å². The Hall–Kier alpha value is -3.26. The molecule has 0 saturated carbocycles. The molecule has 0 bridgehead atoms. The molecule has 0 aliphatic carbocycles. The number of ether oxygens (including phenoxy) is 3. The minimum Gasteiger partial charge on any atom is -0.493 e. The Balaban J connectivity index is 1.93. The largest absolute Gasteiger partial charge is 0.493 e. The van der Waals surface area contributed by atoms with E-state index in [9.17, 15) is 9.59 Å². The number of rotatable bonds is 5. The van der Waals surface area contributed by atoms with Crippen molar-refractivity contribution in [2.75, 3.05) is 14.2 Å². The second-order valence-corrected chi connectivity index (χ2v) is 7.15. The maximum Gasteiger partial charge on any atom is 0.308 e. The molecule has 2 aromatic rings. The van der Waals surface area contributed by atoms with E-state index in [-0.39, 0.29) is 11.7 Å². The normalized spacial score (nSPS) is 16.1. The van der Waals surface area contributed by atoms with Crippen molar-refractivity contribution < 1.29 is 23.8 Å². The number of nitrogens with one attached hydrogen (secondary N) is 1. The molecule has 0 atom stereocenters. The molecular weight excluding hydrogens is 392 g/mol. The summed E-state index contributed by atoms with van der Waals surface area (Å²) in [4.78, 5) is 28.7. The number of hydrogen-bond acceptors (Lipinski definition) is 7. The number of amides is 1. The van der Waals surface area contributed by atoms with Gasteiger partial charge in [-0.2, -0.15) is 0 Å². The quantitative estimate of drug-likeness (QED) is 0.456. The lowest BCUT2D eigenvalue weighted by Crippen LogP contribution is -2.19. The van der Waals surface area contributed by atoms with Crippen LogP contribution in [0.15, 0.2) is 46.3 Å². The second kappa shape index (κ2) is 8.83. The number of carbonyl (C=O) groups is 2. The summed E-state index contributed by atoms with van der Waals surface area (Å²) in [6, 6.07) is 11.0. The average Bonchev–Trinajstić information content (AvgIpc) is 3.03. The standard InChI is InChI=1S/C21H20N2O5S/c1-12-7-5-6-8-15(12)22-21-23-20(25)18(29-21)11-14-9-16(26-3)19(28-13(2)24)17(10-14)27-4/h5-11H,1-4H3,(H,22,23,25). The van der Waals surface area contributed by atoms with Crippen LogP contribution in [0.5, 0.6) is 17.2 Å². The number of methoxy groups -OCH3 is 2. The zero-order valence-electron chi connectivity index (χ0n) is 16.4. The molecule has 150 valence electrons. The molecule has 0 unspecified atom stereocenters. The molecule has 2 aromatic carbocycles. The maximum absolute atomic E-state index is 12.4. The van der Waals surface area contributed by atoms with E-state index >= 15 is 0 Å². The van der Waals surface area contributed by atoms with Crippen LogP contribution in [0.1, 0.15) is 18.1 Å². The number of amidine groups is 1. The van der Waals surface area contributed by atoms with Gasteiger partial charge in [-0.25, -0.2) is 4.99 Å². The van der Waals surface area contributed by atoms with E-state index in [1.807, 2.05) is 31.2 Å². The van der Waals surface area contributed by atoms with Gasteiger partial charge in [-0.3, -0.25) is 9.59 Å². The first kappa shape index (κ1) is 20.5. The molecular formula is C21H20N2O5S. The fourth-order valence-electron chi connectivity index (χ4n) is 2.66. The Bertz CT molecular complexity index is 1000. The fraction of sp³-hybridized carbons (Fsp3) is 0.190. The van der Waals surface area contributed by atoms with Crippen LogP contribution in [-0.4, -0.2) is 31.3 Å². The lowest BCUT2D eigenvalue weighted by atomic mass is 10.1. The van der Waals surface area contributed by atoms with E-state index in [2.05, 4.69) is 10.3 Å². The molecule has 1 N–H and O–H groups in total. The first-order chi connectivity index (χ1) is 13.9. The number of para-hydroxylation sites is 1. The highest BCUT2D eigenvalue weighted by atomic mass is 32.2. The summed E-state index contributed by atoms with van der Waals surface area (Å²) in [5, 5.41) is 3.27. The molecule has 1 saturated heterocycles. The van der Waals surface area contributed by atoms with Crippen LogP contribution in [0.2, 0.25) is 0 Å². The summed E-state index contributed by atoms with van der Waals surface area (Å²) >= 11 is 1.24. The second-order valence-electron chi connectivity index (χ2n) is 6.12. The van der Waals surface area contributed by atoms with Gasteiger partial charge in [-0.15, -0.1) is 0 Å². The van der Waals surface area contributed by atoms with Gasteiger partial charge >= 0.3 is 5.97 Å². The predicted molar refractivity (Wildman–Crippen MR) is 113 cm³/mol. The predicted octanol–water partition coefficient (Wildman–Crippen LogP) is 3.83. The molecule has 8 heteroatoms. The van der Waals surface area contributed by atoms with Crippen molar-refractivity contribution in [3.63, 3.8) is 0 Å². The molecule has 1 aliphatic rings. The highest BCUT2D eigenvalue weighted by Gasteiger charge is 2.25. The highest BCUT2D eigenvalue weighted by molar-refractivity contribution is 8.18. The van der Waals surface area contributed by atoms with Crippen molar-refractivity contribution in [3.05, 3.63) is 52.4 Å². The van der Waals surface area contributed by atoms with Gasteiger partial charge in [0.05, 0.1) is 24.8 Å². The van der Waals surface area contributed by atoms with Crippen molar-refractivity contribution >= 4 is 40.6 Å². The Morgan fingerprint density at radius 2 is 1.79 bits per heavy atom. The van der Waals surface area contributed by atoms with Crippen LogP contribution in [0.4, 0.5) is 5.69 Å². The van der Waals surface area contributed by atoms with E-state index in [0.717, 1.165) is 11.3 Å². The van der Waals surface area contributed by atoms with E-state index in [1.165, 1.54) is 32.9 Å². The molecule has 1 aliphatic heterocycles. The summed E-state index contributed by atoms with van der Waals surface area (Å²) in [5.41, 5.74) is 2.47. The number of esters is 1. The number of hydrogen-bond donors (Lipinski definition) is 1. The maximum atomic E-state index is 12.4. The smallest absolute Gasteiger partial charge is 0.308 e. The van der Waals surface area contributed by atoms with Gasteiger partial charge in [0, 0.05) is 6.92 Å². The molecule has 29 heavy (non-hydrogen) atoms. The summed E-state index contributed by atoms with van der Waals surface area (Å²) in [6.07, 6.45) is 1.70. The summed E-state index contributed by atoms with van der Waals surface area (Å²) < 4.78 is 15.8. The van der Waals surface area contributed by atoms with Crippen molar-refractivity contribution in [1.82, 2.24) is 5.32 Å². The number of aliphatic imine (C=N–C) groups is 1. The zero-order valence-corrected chi connectivity index (χ0v) is 17.3. The molecule has 1 fully saturated rings. The summed E-state index contributed by atoms with van der Waals surface area (Å²) in [7, 11) is 2.92. The summed E-state index contributed by atoms with van der Waals surface area (Å²) in [6.45, 7) is 3.25. The van der Waals surface area contributed by atoms with Crippen LogP contribution in [0.25, 0.3) is 6.08 Å². The van der Waals surface area contributed by atoms with Crippen LogP contribution in [0, 0.1) is 6.92 Å². The Morgan fingerprint density at radius 1 is 1.14 bits per heavy atom. The van der Waals surface area contributed by atoms with Gasteiger partial charge in [0.25, 0.3) is 5.91 Å². The Morgan fingerprint density at radius 3 is 2.38 bits per heavy atom. The van der Waals surface area contributed by atoms with Gasteiger partial charge in [-0.1, -0.05) is 18.2 Å². The van der Waals surface area contributed by atoms with E-state index < -0.39 is 5.97 Å².